The van der Waals surface area contributed by atoms with Gasteiger partial charge in [-0.1, -0.05) is 25.7 Å². The Morgan fingerprint density at radius 1 is 1.12 bits per heavy atom. The van der Waals surface area contributed by atoms with Crippen LogP contribution in [-0.4, -0.2) is 24.8 Å². The third-order valence-electron chi connectivity index (χ3n) is 4.60. The third kappa shape index (κ3) is 3.96. The summed E-state index contributed by atoms with van der Waals surface area (Å²) in [5.74, 6) is 0.920. The van der Waals surface area contributed by atoms with Gasteiger partial charge in [0.2, 0.25) is 0 Å². The molecule has 0 unspecified atom stereocenters. The molecule has 17 heavy (non-hydrogen) atoms. The smallest absolute Gasteiger partial charge is 0.0604 e. The summed E-state index contributed by atoms with van der Waals surface area (Å²) in [6.07, 6.45) is 11.7. The largest absolute Gasteiger partial charge is 0.378 e. The van der Waals surface area contributed by atoms with Crippen molar-refractivity contribution in [2.75, 3.05) is 6.61 Å². The number of hydrogen-bond acceptors (Lipinski definition) is 2. The van der Waals surface area contributed by atoms with Gasteiger partial charge in [0.05, 0.1) is 6.10 Å². The van der Waals surface area contributed by atoms with Gasteiger partial charge in [0.25, 0.3) is 0 Å². The normalized spacial score (nSPS) is 32.8. The molecular formula is C15H29NO. The highest BCUT2D eigenvalue weighted by atomic mass is 16.5. The molecule has 2 aliphatic rings. The fourth-order valence-electron chi connectivity index (χ4n) is 3.39. The average Bonchev–Trinajstić information content (AvgIpc) is 2.54. The zero-order valence-corrected chi connectivity index (χ0v) is 11.6. The summed E-state index contributed by atoms with van der Waals surface area (Å²) >= 11 is 0. The molecule has 100 valence electrons. The molecular weight excluding hydrogens is 210 g/mol. The van der Waals surface area contributed by atoms with Crippen molar-refractivity contribution in [3.8, 4) is 0 Å². The van der Waals surface area contributed by atoms with Crippen molar-refractivity contribution in [3.63, 3.8) is 0 Å². The maximum absolute atomic E-state index is 5.62. The van der Waals surface area contributed by atoms with Crippen LogP contribution in [0.4, 0.5) is 0 Å². The van der Waals surface area contributed by atoms with Crippen LogP contribution in [0.5, 0.6) is 0 Å². The molecule has 0 aromatic rings. The Morgan fingerprint density at radius 3 is 2.35 bits per heavy atom. The van der Waals surface area contributed by atoms with Gasteiger partial charge in [-0.25, -0.2) is 0 Å². The minimum atomic E-state index is 0.541. The molecule has 0 radical (unpaired) electrons. The van der Waals surface area contributed by atoms with E-state index in [9.17, 15) is 0 Å². The number of hydrogen-bond donors (Lipinski definition) is 1. The van der Waals surface area contributed by atoms with Crippen LogP contribution in [0.15, 0.2) is 0 Å². The first-order chi connectivity index (χ1) is 8.29. The van der Waals surface area contributed by atoms with Crippen LogP contribution >= 0.6 is 0 Å². The summed E-state index contributed by atoms with van der Waals surface area (Å²) in [7, 11) is 0. The molecule has 2 saturated carbocycles. The van der Waals surface area contributed by atoms with Gasteiger partial charge in [0.15, 0.2) is 0 Å². The van der Waals surface area contributed by atoms with Crippen molar-refractivity contribution >= 4 is 0 Å². The molecule has 0 amide bonds. The average molecular weight is 239 g/mol. The number of rotatable bonds is 5. The number of ether oxygens (including phenoxy) is 1. The SMILES string of the molecule is CCOC1CC(N[C@@H](C)C2CCCCCC2)C1. The van der Waals surface area contributed by atoms with Gasteiger partial charge in [0.1, 0.15) is 0 Å². The fraction of sp³-hybridized carbons (Fsp3) is 1.00. The lowest BCUT2D eigenvalue weighted by Gasteiger charge is -2.39. The highest BCUT2D eigenvalue weighted by Crippen LogP contribution is 2.28. The molecule has 1 atom stereocenters. The maximum atomic E-state index is 5.62. The lowest BCUT2D eigenvalue weighted by molar-refractivity contribution is -0.0137. The Labute approximate surface area is 107 Å². The second-order valence-electron chi connectivity index (χ2n) is 5.95. The molecule has 0 heterocycles. The lowest BCUT2D eigenvalue weighted by Crippen LogP contribution is -2.50. The van der Waals surface area contributed by atoms with E-state index in [0.717, 1.165) is 18.6 Å². The van der Waals surface area contributed by atoms with Gasteiger partial charge in [-0.2, -0.15) is 0 Å². The monoisotopic (exact) mass is 239 g/mol. The Balaban J connectivity index is 1.65. The van der Waals surface area contributed by atoms with E-state index in [1.54, 1.807) is 0 Å². The Hall–Kier alpha value is -0.0800. The predicted octanol–water partition coefficient (Wildman–Crippen LogP) is 3.50. The first kappa shape index (κ1) is 13.4. The van der Waals surface area contributed by atoms with Crippen molar-refractivity contribution in [2.45, 2.75) is 83.4 Å². The molecule has 2 heteroatoms. The van der Waals surface area contributed by atoms with Crippen LogP contribution in [0.3, 0.4) is 0 Å². The molecule has 0 bridgehead atoms. The summed E-state index contributed by atoms with van der Waals surface area (Å²) in [4.78, 5) is 0. The van der Waals surface area contributed by atoms with E-state index in [2.05, 4.69) is 19.2 Å². The van der Waals surface area contributed by atoms with E-state index in [4.69, 9.17) is 4.74 Å². The van der Waals surface area contributed by atoms with Crippen LogP contribution in [0.25, 0.3) is 0 Å². The molecule has 0 aliphatic heterocycles. The minimum absolute atomic E-state index is 0.541. The Bertz CT molecular complexity index is 205. The van der Waals surface area contributed by atoms with Crippen LogP contribution < -0.4 is 5.32 Å². The quantitative estimate of drug-likeness (QED) is 0.741. The summed E-state index contributed by atoms with van der Waals surface area (Å²) < 4.78 is 5.62. The van der Waals surface area contributed by atoms with Crippen molar-refractivity contribution in [1.82, 2.24) is 5.32 Å². The fourth-order valence-corrected chi connectivity index (χ4v) is 3.39. The minimum Gasteiger partial charge on any atom is -0.378 e. The van der Waals surface area contributed by atoms with E-state index in [1.807, 2.05) is 0 Å². The third-order valence-corrected chi connectivity index (χ3v) is 4.60. The van der Waals surface area contributed by atoms with E-state index in [-0.39, 0.29) is 0 Å². The Morgan fingerprint density at radius 2 is 1.76 bits per heavy atom. The molecule has 2 nitrogen and oxygen atoms in total. The van der Waals surface area contributed by atoms with Gasteiger partial charge < -0.3 is 10.1 Å². The summed E-state index contributed by atoms with van der Waals surface area (Å²) in [6.45, 7) is 5.36. The van der Waals surface area contributed by atoms with Crippen molar-refractivity contribution < 1.29 is 4.74 Å². The highest BCUT2D eigenvalue weighted by molar-refractivity contribution is 4.89. The molecule has 2 fully saturated rings. The van der Waals surface area contributed by atoms with Crippen LogP contribution in [0.1, 0.15) is 65.2 Å². The standard InChI is InChI=1S/C15H29NO/c1-3-17-15-10-14(11-15)16-12(2)13-8-6-4-5-7-9-13/h12-16H,3-11H2,1-2H3/t12-,14?,15?/m0/s1. The molecule has 0 spiro atoms. The predicted molar refractivity (Wildman–Crippen MR) is 72.2 cm³/mol. The summed E-state index contributed by atoms with van der Waals surface area (Å²) in [5, 5.41) is 3.82. The lowest BCUT2D eigenvalue weighted by atomic mass is 9.86. The van der Waals surface area contributed by atoms with Crippen molar-refractivity contribution in [2.24, 2.45) is 5.92 Å². The van der Waals surface area contributed by atoms with Gasteiger partial charge in [-0.3, -0.25) is 0 Å². The second kappa shape index (κ2) is 6.75. The Kier molecular flexibility index (Phi) is 5.30. The van der Waals surface area contributed by atoms with E-state index in [0.29, 0.717) is 12.1 Å². The van der Waals surface area contributed by atoms with Crippen LogP contribution in [-0.2, 0) is 4.74 Å². The summed E-state index contributed by atoms with van der Waals surface area (Å²) in [5.41, 5.74) is 0. The first-order valence-corrected chi connectivity index (χ1v) is 7.67. The highest BCUT2D eigenvalue weighted by Gasteiger charge is 2.31. The van der Waals surface area contributed by atoms with Gasteiger partial charge in [0, 0.05) is 18.7 Å². The molecule has 0 saturated heterocycles. The van der Waals surface area contributed by atoms with E-state index < -0.39 is 0 Å². The maximum Gasteiger partial charge on any atom is 0.0604 e. The van der Waals surface area contributed by atoms with Gasteiger partial charge in [-0.05, 0) is 45.4 Å². The molecule has 0 aromatic heterocycles. The first-order valence-electron chi connectivity index (χ1n) is 7.67. The molecule has 1 N–H and O–H groups in total. The topological polar surface area (TPSA) is 21.3 Å². The molecule has 2 rings (SSSR count). The van der Waals surface area contributed by atoms with E-state index >= 15 is 0 Å². The zero-order valence-electron chi connectivity index (χ0n) is 11.6. The van der Waals surface area contributed by atoms with Crippen molar-refractivity contribution in [3.05, 3.63) is 0 Å². The molecule has 0 aromatic carbocycles. The van der Waals surface area contributed by atoms with Gasteiger partial charge in [-0.15, -0.1) is 0 Å². The second-order valence-corrected chi connectivity index (χ2v) is 5.95. The van der Waals surface area contributed by atoms with E-state index in [1.165, 1.54) is 51.4 Å². The summed E-state index contributed by atoms with van der Waals surface area (Å²) in [6, 6.07) is 1.44. The van der Waals surface area contributed by atoms with Crippen LogP contribution in [0, 0.1) is 5.92 Å². The number of nitrogens with one attached hydrogen (secondary N) is 1. The van der Waals surface area contributed by atoms with Crippen LogP contribution in [0.2, 0.25) is 0 Å². The molecule has 2 aliphatic carbocycles. The van der Waals surface area contributed by atoms with Crippen molar-refractivity contribution in [1.29, 1.82) is 0 Å². The van der Waals surface area contributed by atoms with Gasteiger partial charge >= 0.3 is 0 Å². The zero-order chi connectivity index (χ0) is 12.1.